The topological polar surface area (TPSA) is 49.4 Å². The second kappa shape index (κ2) is 9.29. The fourth-order valence-electron chi connectivity index (χ4n) is 4.65. The van der Waals surface area contributed by atoms with E-state index < -0.39 is 0 Å². The molecule has 1 aliphatic heterocycles. The van der Waals surface area contributed by atoms with Crippen molar-refractivity contribution >= 4 is 11.8 Å². The van der Waals surface area contributed by atoms with Gasteiger partial charge in [-0.25, -0.2) is 0 Å². The lowest BCUT2D eigenvalue weighted by Gasteiger charge is -2.40. The maximum atomic E-state index is 12.8. The third kappa shape index (κ3) is 4.64. The van der Waals surface area contributed by atoms with Crippen LogP contribution in [0.3, 0.4) is 0 Å². The molecule has 1 saturated heterocycles. The fourth-order valence-corrected chi connectivity index (χ4v) is 4.65. The molecular formula is C26H30N2O2. The van der Waals surface area contributed by atoms with E-state index in [1.165, 1.54) is 16.7 Å². The molecule has 156 valence electrons. The summed E-state index contributed by atoms with van der Waals surface area (Å²) in [6, 6.07) is 19.5. The molecule has 0 spiro atoms. The van der Waals surface area contributed by atoms with E-state index in [4.69, 9.17) is 0 Å². The van der Waals surface area contributed by atoms with Crippen LogP contribution in [0.4, 0.5) is 0 Å². The van der Waals surface area contributed by atoms with Gasteiger partial charge in [-0.15, -0.1) is 6.58 Å². The quantitative estimate of drug-likeness (QED) is 0.722. The molecule has 2 amide bonds. The number of benzene rings is 2. The van der Waals surface area contributed by atoms with Crippen LogP contribution in [-0.2, 0) is 9.59 Å². The molecule has 0 aromatic heterocycles. The third-order valence-corrected chi connectivity index (χ3v) is 6.45. The summed E-state index contributed by atoms with van der Waals surface area (Å²) >= 11 is 0. The Kier molecular flexibility index (Phi) is 6.32. The van der Waals surface area contributed by atoms with Crippen molar-refractivity contribution in [2.75, 3.05) is 13.1 Å². The number of piperidine rings is 1. The van der Waals surface area contributed by atoms with Crippen LogP contribution in [-0.4, -0.2) is 35.8 Å². The van der Waals surface area contributed by atoms with Crippen molar-refractivity contribution < 1.29 is 9.59 Å². The van der Waals surface area contributed by atoms with Crippen LogP contribution in [0.25, 0.3) is 11.1 Å². The molecule has 0 unspecified atom stereocenters. The van der Waals surface area contributed by atoms with Gasteiger partial charge in [0.25, 0.3) is 0 Å². The lowest BCUT2D eigenvalue weighted by atomic mass is 9.78. The molecule has 4 heteroatoms. The molecule has 4 nitrogen and oxygen atoms in total. The van der Waals surface area contributed by atoms with Gasteiger partial charge in [0.2, 0.25) is 11.8 Å². The first-order valence-corrected chi connectivity index (χ1v) is 11.0. The van der Waals surface area contributed by atoms with Crippen molar-refractivity contribution in [3.63, 3.8) is 0 Å². The van der Waals surface area contributed by atoms with Crippen LogP contribution in [0, 0.1) is 5.92 Å². The summed E-state index contributed by atoms with van der Waals surface area (Å²) in [6.45, 7) is 5.23. The SMILES string of the molecule is C=CCC(=O)N[C@H]1C[C@@H](C(=O)N2CCC(c3cccc(-c4ccccc4)c3)CC2)C1. The number of nitrogens with one attached hydrogen (secondary N) is 1. The predicted octanol–water partition coefficient (Wildman–Crippen LogP) is 4.53. The van der Waals surface area contributed by atoms with Gasteiger partial charge in [-0.3, -0.25) is 9.59 Å². The first kappa shape index (κ1) is 20.4. The Morgan fingerprint density at radius 2 is 1.70 bits per heavy atom. The Labute approximate surface area is 179 Å². The maximum Gasteiger partial charge on any atom is 0.225 e. The van der Waals surface area contributed by atoms with E-state index in [0.29, 0.717) is 12.3 Å². The zero-order valence-corrected chi connectivity index (χ0v) is 17.4. The zero-order valence-electron chi connectivity index (χ0n) is 17.4. The summed E-state index contributed by atoms with van der Waals surface area (Å²) in [5.74, 6) is 0.835. The Hall–Kier alpha value is -2.88. The molecule has 1 aliphatic carbocycles. The maximum absolute atomic E-state index is 12.8. The van der Waals surface area contributed by atoms with Crippen LogP contribution >= 0.6 is 0 Å². The van der Waals surface area contributed by atoms with E-state index in [2.05, 4.69) is 60.4 Å². The molecule has 2 aliphatic rings. The smallest absolute Gasteiger partial charge is 0.225 e. The van der Waals surface area contributed by atoms with Crippen molar-refractivity contribution in [2.24, 2.45) is 5.92 Å². The number of likely N-dealkylation sites (tertiary alicyclic amines) is 1. The van der Waals surface area contributed by atoms with Crippen LogP contribution in [0.15, 0.2) is 67.3 Å². The van der Waals surface area contributed by atoms with Gasteiger partial charge in [0.1, 0.15) is 0 Å². The van der Waals surface area contributed by atoms with Crippen molar-refractivity contribution in [3.05, 3.63) is 72.8 Å². The second-order valence-electron chi connectivity index (χ2n) is 8.52. The summed E-state index contributed by atoms with van der Waals surface area (Å²) in [5.41, 5.74) is 3.87. The van der Waals surface area contributed by atoms with E-state index in [1.807, 2.05) is 11.0 Å². The van der Waals surface area contributed by atoms with E-state index in [9.17, 15) is 9.59 Å². The molecule has 2 fully saturated rings. The van der Waals surface area contributed by atoms with E-state index in [1.54, 1.807) is 6.08 Å². The highest BCUT2D eigenvalue weighted by molar-refractivity contribution is 5.81. The Bertz CT molecular complexity index is 894. The molecule has 4 rings (SSSR count). The average molecular weight is 403 g/mol. The number of amides is 2. The standard InChI is InChI=1S/C26H30N2O2/c1-2-7-25(29)27-24-17-23(18-24)26(30)28-14-12-20(13-15-28)22-11-6-10-21(16-22)19-8-4-3-5-9-19/h2-6,8-11,16,20,23-24H,1,7,12-15,17-18H2,(H,27,29)/t23-,24+. The Morgan fingerprint density at radius 3 is 2.40 bits per heavy atom. The summed E-state index contributed by atoms with van der Waals surface area (Å²) in [5, 5.41) is 2.97. The Morgan fingerprint density at radius 1 is 1.00 bits per heavy atom. The number of hydrogen-bond acceptors (Lipinski definition) is 2. The monoisotopic (exact) mass is 402 g/mol. The minimum Gasteiger partial charge on any atom is -0.353 e. The molecule has 0 radical (unpaired) electrons. The first-order valence-electron chi connectivity index (χ1n) is 11.0. The van der Waals surface area contributed by atoms with Crippen LogP contribution in [0.2, 0.25) is 0 Å². The number of hydrogen-bond donors (Lipinski definition) is 1. The van der Waals surface area contributed by atoms with E-state index in [-0.39, 0.29) is 23.8 Å². The molecule has 1 N–H and O–H groups in total. The van der Waals surface area contributed by atoms with Crippen molar-refractivity contribution in [1.29, 1.82) is 0 Å². The van der Waals surface area contributed by atoms with E-state index >= 15 is 0 Å². The van der Waals surface area contributed by atoms with Gasteiger partial charge in [0, 0.05) is 31.5 Å². The molecule has 1 saturated carbocycles. The molecule has 2 aromatic carbocycles. The molecule has 0 bridgehead atoms. The molecule has 0 atom stereocenters. The largest absolute Gasteiger partial charge is 0.353 e. The number of carbonyl (C=O) groups is 2. The van der Waals surface area contributed by atoms with Crippen molar-refractivity contribution in [2.45, 2.75) is 44.1 Å². The summed E-state index contributed by atoms with van der Waals surface area (Å²) < 4.78 is 0. The van der Waals surface area contributed by atoms with Crippen molar-refractivity contribution in [3.8, 4) is 11.1 Å². The van der Waals surface area contributed by atoms with Gasteiger partial charge in [-0.2, -0.15) is 0 Å². The van der Waals surface area contributed by atoms with Crippen molar-refractivity contribution in [1.82, 2.24) is 10.2 Å². The van der Waals surface area contributed by atoms with Crippen LogP contribution in [0.1, 0.15) is 43.6 Å². The summed E-state index contributed by atoms with van der Waals surface area (Å²) in [4.78, 5) is 26.5. The van der Waals surface area contributed by atoms with Gasteiger partial charge in [0.05, 0.1) is 0 Å². The molecule has 1 heterocycles. The lowest BCUT2D eigenvalue weighted by Crippen LogP contribution is -2.51. The van der Waals surface area contributed by atoms with Gasteiger partial charge < -0.3 is 10.2 Å². The summed E-state index contributed by atoms with van der Waals surface area (Å²) in [7, 11) is 0. The Balaban J connectivity index is 1.28. The third-order valence-electron chi connectivity index (χ3n) is 6.45. The number of nitrogens with zero attached hydrogens (tertiary/aromatic N) is 1. The minimum absolute atomic E-state index is 0.000513. The number of carbonyl (C=O) groups excluding carboxylic acids is 2. The fraction of sp³-hybridized carbons (Fsp3) is 0.385. The molecule has 30 heavy (non-hydrogen) atoms. The van der Waals surface area contributed by atoms with Crippen LogP contribution < -0.4 is 5.32 Å². The van der Waals surface area contributed by atoms with Gasteiger partial charge in [0.15, 0.2) is 0 Å². The highest BCUT2D eigenvalue weighted by Gasteiger charge is 2.38. The van der Waals surface area contributed by atoms with Gasteiger partial charge in [-0.05, 0) is 48.3 Å². The minimum atomic E-state index is -0.000513. The highest BCUT2D eigenvalue weighted by Crippen LogP contribution is 2.34. The average Bonchev–Trinajstić information content (AvgIpc) is 2.76. The highest BCUT2D eigenvalue weighted by atomic mass is 16.2. The zero-order chi connectivity index (χ0) is 20.9. The van der Waals surface area contributed by atoms with Crippen LogP contribution in [0.5, 0.6) is 0 Å². The lowest BCUT2D eigenvalue weighted by molar-refractivity contribution is -0.141. The first-order chi connectivity index (χ1) is 14.6. The normalized spacial score (nSPS) is 21.5. The molecular weight excluding hydrogens is 372 g/mol. The van der Waals surface area contributed by atoms with Gasteiger partial charge >= 0.3 is 0 Å². The summed E-state index contributed by atoms with van der Waals surface area (Å²) in [6.07, 6.45) is 5.50. The predicted molar refractivity (Wildman–Crippen MR) is 120 cm³/mol. The second-order valence-corrected chi connectivity index (χ2v) is 8.52. The molecule has 2 aromatic rings. The van der Waals surface area contributed by atoms with E-state index in [0.717, 1.165) is 38.8 Å². The number of rotatable bonds is 6. The van der Waals surface area contributed by atoms with Gasteiger partial charge in [-0.1, -0.05) is 60.7 Å².